The molecule has 110 valence electrons. The van der Waals surface area contributed by atoms with Crippen LogP contribution in [0.15, 0.2) is 23.1 Å². The van der Waals surface area contributed by atoms with E-state index >= 15 is 0 Å². The molecular formula is C16H23NO2S. The summed E-state index contributed by atoms with van der Waals surface area (Å²) in [5.74, 6) is 2.49. The molecule has 3 rings (SSSR count). The molecule has 1 fully saturated rings. The number of thioether (sulfide) groups is 1. The first-order chi connectivity index (χ1) is 9.78. The zero-order valence-electron chi connectivity index (χ0n) is 12.2. The Hall–Kier alpha value is -0.870. The first kappa shape index (κ1) is 14.1. The van der Waals surface area contributed by atoms with E-state index in [0.717, 1.165) is 18.0 Å². The highest BCUT2D eigenvalue weighted by atomic mass is 32.2. The van der Waals surface area contributed by atoms with Gasteiger partial charge < -0.3 is 14.8 Å². The lowest BCUT2D eigenvalue weighted by Crippen LogP contribution is -2.32. The van der Waals surface area contributed by atoms with Crippen molar-refractivity contribution in [2.45, 2.75) is 42.9 Å². The first-order valence-electron chi connectivity index (χ1n) is 7.57. The third kappa shape index (κ3) is 2.91. The minimum absolute atomic E-state index is 0.656. The van der Waals surface area contributed by atoms with E-state index in [1.54, 1.807) is 0 Å². The number of hydrogen-bond donors (Lipinski definition) is 1. The molecule has 3 nitrogen and oxygen atoms in total. The Morgan fingerprint density at radius 3 is 2.80 bits per heavy atom. The summed E-state index contributed by atoms with van der Waals surface area (Å²) >= 11 is 1.99. The van der Waals surface area contributed by atoms with Crippen molar-refractivity contribution in [3.8, 4) is 11.5 Å². The maximum Gasteiger partial charge on any atom is 0.162 e. The van der Waals surface area contributed by atoms with E-state index in [-0.39, 0.29) is 0 Å². The second-order valence-electron chi connectivity index (χ2n) is 5.56. The van der Waals surface area contributed by atoms with Crippen molar-refractivity contribution in [2.24, 2.45) is 5.92 Å². The minimum atomic E-state index is 0.656. The van der Waals surface area contributed by atoms with Crippen molar-refractivity contribution >= 4 is 11.8 Å². The lowest BCUT2D eigenvalue weighted by molar-refractivity contribution is 0.171. The third-order valence-electron chi connectivity index (χ3n) is 4.25. The van der Waals surface area contributed by atoms with Gasteiger partial charge >= 0.3 is 0 Å². The lowest BCUT2D eigenvalue weighted by Gasteiger charge is -2.22. The molecule has 20 heavy (non-hydrogen) atoms. The van der Waals surface area contributed by atoms with E-state index in [9.17, 15) is 0 Å². The van der Waals surface area contributed by atoms with Gasteiger partial charge in [-0.15, -0.1) is 11.8 Å². The molecule has 1 heterocycles. The van der Waals surface area contributed by atoms with Crippen LogP contribution in [0.2, 0.25) is 0 Å². The van der Waals surface area contributed by atoms with Crippen molar-refractivity contribution in [3.05, 3.63) is 18.2 Å². The third-order valence-corrected chi connectivity index (χ3v) is 5.74. The fourth-order valence-corrected chi connectivity index (χ4v) is 4.45. The Morgan fingerprint density at radius 2 is 2.00 bits per heavy atom. The molecule has 1 aliphatic heterocycles. The molecule has 1 aromatic carbocycles. The normalized spacial score (nSPS) is 28.6. The van der Waals surface area contributed by atoms with Crippen molar-refractivity contribution in [1.29, 1.82) is 0 Å². The summed E-state index contributed by atoms with van der Waals surface area (Å²) in [5.41, 5.74) is 0. The van der Waals surface area contributed by atoms with Gasteiger partial charge in [-0.05, 0) is 43.5 Å². The number of rotatable bonds is 4. The number of ether oxygens (including phenoxy) is 2. The summed E-state index contributed by atoms with van der Waals surface area (Å²) in [5, 5.41) is 4.30. The zero-order chi connectivity index (χ0) is 13.9. The SMILES string of the molecule is CCNC1CCC(Sc2ccc3c(c2)OCCO3)C1C. The molecule has 3 unspecified atom stereocenters. The van der Waals surface area contributed by atoms with Crippen LogP contribution in [0.5, 0.6) is 11.5 Å². The van der Waals surface area contributed by atoms with Crippen molar-refractivity contribution in [1.82, 2.24) is 5.32 Å². The molecule has 0 spiro atoms. The molecule has 2 aliphatic rings. The van der Waals surface area contributed by atoms with Crippen molar-refractivity contribution in [3.63, 3.8) is 0 Å². The Balaban J connectivity index is 1.66. The quantitative estimate of drug-likeness (QED) is 0.922. The predicted octanol–water partition coefficient (Wildman–Crippen LogP) is 3.33. The standard InChI is InChI=1S/C16H23NO2S/c1-3-17-13-5-7-16(11(13)2)20-12-4-6-14-15(10-12)19-9-8-18-14/h4,6,10-11,13,16-17H,3,5,7-9H2,1-2H3. The molecule has 1 aliphatic carbocycles. The fourth-order valence-electron chi connectivity index (χ4n) is 3.12. The lowest BCUT2D eigenvalue weighted by atomic mass is 10.1. The zero-order valence-corrected chi connectivity index (χ0v) is 13.0. The van der Waals surface area contributed by atoms with Gasteiger partial charge in [0.05, 0.1) is 0 Å². The highest BCUT2D eigenvalue weighted by Gasteiger charge is 2.32. The van der Waals surface area contributed by atoms with E-state index in [1.807, 2.05) is 17.8 Å². The molecule has 0 bridgehead atoms. The summed E-state index contributed by atoms with van der Waals surface area (Å²) in [4.78, 5) is 1.29. The molecule has 4 heteroatoms. The Labute approximate surface area is 125 Å². The topological polar surface area (TPSA) is 30.5 Å². The molecule has 0 aromatic heterocycles. The van der Waals surface area contributed by atoms with E-state index in [1.165, 1.54) is 17.7 Å². The van der Waals surface area contributed by atoms with E-state index < -0.39 is 0 Å². The van der Waals surface area contributed by atoms with Crippen LogP contribution >= 0.6 is 11.8 Å². The average molecular weight is 293 g/mol. The molecule has 1 saturated carbocycles. The van der Waals surface area contributed by atoms with Crippen LogP contribution < -0.4 is 14.8 Å². The van der Waals surface area contributed by atoms with Crippen LogP contribution in [-0.2, 0) is 0 Å². The van der Waals surface area contributed by atoms with Crippen LogP contribution in [0.4, 0.5) is 0 Å². The van der Waals surface area contributed by atoms with Crippen LogP contribution in [0, 0.1) is 5.92 Å². The average Bonchev–Trinajstić information content (AvgIpc) is 2.81. The minimum Gasteiger partial charge on any atom is -0.486 e. The second-order valence-corrected chi connectivity index (χ2v) is 6.88. The summed E-state index contributed by atoms with van der Waals surface area (Å²) in [6, 6.07) is 7.01. The first-order valence-corrected chi connectivity index (χ1v) is 8.45. The summed E-state index contributed by atoms with van der Waals surface area (Å²) in [7, 11) is 0. The second kappa shape index (κ2) is 6.27. The van der Waals surface area contributed by atoms with Gasteiger partial charge in [0.25, 0.3) is 0 Å². The molecule has 0 saturated heterocycles. The molecule has 1 N–H and O–H groups in total. The molecule has 0 amide bonds. The highest BCUT2D eigenvalue weighted by Crippen LogP contribution is 2.41. The van der Waals surface area contributed by atoms with Gasteiger partial charge in [-0.25, -0.2) is 0 Å². The highest BCUT2D eigenvalue weighted by molar-refractivity contribution is 8.00. The maximum atomic E-state index is 5.66. The van der Waals surface area contributed by atoms with Gasteiger partial charge in [0.1, 0.15) is 13.2 Å². The predicted molar refractivity (Wildman–Crippen MR) is 82.9 cm³/mol. The Bertz CT molecular complexity index is 466. The van der Waals surface area contributed by atoms with Gasteiger partial charge in [-0.3, -0.25) is 0 Å². The van der Waals surface area contributed by atoms with Gasteiger partial charge in [-0.1, -0.05) is 13.8 Å². The van der Waals surface area contributed by atoms with Crippen LogP contribution in [0.25, 0.3) is 0 Å². The molecular weight excluding hydrogens is 270 g/mol. The fraction of sp³-hybridized carbons (Fsp3) is 0.625. The van der Waals surface area contributed by atoms with Gasteiger partial charge in [0.2, 0.25) is 0 Å². The number of hydrogen-bond acceptors (Lipinski definition) is 4. The molecule has 0 radical (unpaired) electrons. The Morgan fingerprint density at radius 1 is 1.20 bits per heavy atom. The summed E-state index contributed by atoms with van der Waals surface area (Å²) in [6.07, 6.45) is 2.58. The van der Waals surface area contributed by atoms with Crippen LogP contribution in [-0.4, -0.2) is 31.1 Å². The smallest absolute Gasteiger partial charge is 0.162 e. The van der Waals surface area contributed by atoms with Gasteiger partial charge in [0.15, 0.2) is 11.5 Å². The van der Waals surface area contributed by atoms with Crippen LogP contribution in [0.1, 0.15) is 26.7 Å². The monoisotopic (exact) mass is 293 g/mol. The van der Waals surface area contributed by atoms with E-state index in [4.69, 9.17) is 9.47 Å². The van der Waals surface area contributed by atoms with E-state index in [2.05, 4.69) is 31.3 Å². The Kier molecular flexibility index (Phi) is 4.41. The maximum absolute atomic E-state index is 5.66. The van der Waals surface area contributed by atoms with Crippen LogP contribution in [0.3, 0.4) is 0 Å². The van der Waals surface area contributed by atoms with Crippen molar-refractivity contribution < 1.29 is 9.47 Å². The summed E-state index contributed by atoms with van der Waals surface area (Å²) in [6.45, 7) is 6.94. The largest absolute Gasteiger partial charge is 0.486 e. The molecule has 3 atom stereocenters. The summed E-state index contributed by atoms with van der Waals surface area (Å²) < 4.78 is 11.2. The number of fused-ring (bicyclic) bond motifs is 1. The number of benzene rings is 1. The van der Waals surface area contributed by atoms with Crippen molar-refractivity contribution in [2.75, 3.05) is 19.8 Å². The van der Waals surface area contributed by atoms with E-state index in [0.29, 0.717) is 30.4 Å². The number of nitrogens with one attached hydrogen (secondary N) is 1. The molecule has 1 aromatic rings. The van der Waals surface area contributed by atoms with Gasteiger partial charge in [-0.2, -0.15) is 0 Å². The van der Waals surface area contributed by atoms with Gasteiger partial charge in [0, 0.05) is 16.2 Å².